The van der Waals surface area contributed by atoms with E-state index in [0.717, 1.165) is 5.56 Å². The first-order valence-electron chi connectivity index (χ1n) is 7.81. The molecule has 3 rings (SSSR count). The van der Waals surface area contributed by atoms with Crippen molar-refractivity contribution in [2.45, 2.75) is 19.8 Å². The van der Waals surface area contributed by atoms with Gasteiger partial charge in [-0.2, -0.15) is 0 Å². The number of rotatable bonds is 3. The fraction of sp³-hybridized carbons (Fsp3) is 0.158. The van der Waals surface area contributed by atoms with Gasteiger partial charge in [-0.1, -0.05) is 26.0 Å². The molecule has 2 aromatic carbocycles. The second kappa shape index (κ2) is 5.98. The Morgan fingerprint density at radius 2 is 1.84 bits per heavy atom. The zero-order chi connectivity index (χ0) is 18.3. The molecule has 0 saturated heterocycles. The highest BCUT2D eigenvalue weighted by Crippen LogP contribution is 2.30. The molecule has 0 bridgehead atoms. The maximum absolute atomic E-state index is 12.5. The van der Waals surface area contributed by atoms with Gasteiger partial charge >= 0.3 is 0 Å². The smallest absolute Gasteiger partial charge is 0.254 e. The summed E-state index contributed by atoms with van der Waals surface area (Å²) in [5.74, 6) is -0.862. The van der Waals surface area contributed by atoms with Crippen LogP contribution in [-0.4, -0.2) is 20.7 Å². The molecule has 1 aromatic heterocycles. The number of benzene rings is 2. The number of pyridine rings is 1. The molecule has 128 valence electrons. The number of phenolic OH excluding ortho intramolecular Hbond substituents is 2. The van der Waals surface area contributed by atoms with E-state index in [9.17, 15) is 19.8 Å². The highest BCUT2D eigenvalue weighted by atomic mass is 16.3. The molecule has 6 nitrogen and oxygen atoms in total. The summed E-state index contributed by atoms with van der Waals surface area (Å²) in [7, 11) is 0. The Labute approximate surface area is 143 Å². The number of carbonyl (C=O) groups is 1. The average Bonchev–Trinajstić information content (AvgIpc) is 2.54. The van der Waals surface area contributed by atoms with Crippen LogP contribution in [-0.2, 0) is 0 Å². The van der Waals surface area contributed by atoms with Gasteiger partial charge in [0.2, 0.25) is 5.43 Å². The van der Waals surface area contributed by atoms with E-state index in [1.54, 1.807) is 34.9 Å². The van der Waals surface area contributed by atoms with Crippen molar-refractivity contribution >= 4 is 16.8 Å². The minimum atomic E-state index is -0.882. The van der Waals surface area contributed by atoms with E-state index in [1.807, 2.05) is 13.8 Å². The molecule has 4 N–H and O–H groups in total. The third-order valence-electron chi connectivity index (χ3n) is 4.19. The molecule has 0 spiro atoms. The first-order valence-corrected chi connectivity index (χ1v) is 7.81. The number of carbonyl (C=O) groups excluding carboxylic acids is 1. The molecule has 0 radical (unpaired) electrons. The van der Waals surface area contributed by atoms with Gasteiger partial charge in [0.1, 0.15) is 17.1 Å². The van der Waals surface area contributed by atoms with E-state index in [0.29, 0.717) is 11.2 Å². The normalized spacial score (nSPS) is 11.2. The van der Waals surface area contributed by atoms with E-state index < -0.39 is 11.3 Å². The Morgan fingerprint density at radius 3 is 2.44 bits per heavy atom. The van der Waals surface area contributed by atoms with Crippen molar-refractivity contribution in [3.05, 3.63) is 63.9 Å². The van der Waals surface area contributed by atoms with E-state index >= 15 is 0 Å². The van der Waals surface area contributed by atoms with Gasteiger partial charge in [0.15, 0.2) is 0 Å². The van der Waals surface area contributed by atoms with Crippen molar-refractivity contribution in [2.24, 2.45) is 5.73 Å². The van der Waals surface area contributed by atoms with Crippen molar-refractivity contribution in [3.63, 3.8) is 0 Å². The zero-order valence-corrected chi connectivity index (χ0v) is 13.9. The standard InChI is InChI=1S/C19H18N2O4/c1-10(2)12-7-6-11(8-16(12)23)21-9-13(19(20)25)18(24)17-14(21)4-3-5-15(17)22/h3-10,22-23H,1-2H3,(H2,20,25). The first kappa shape index (κ1) is 16.6. The lowest BCUT2D eigenvalue weighted by atomic mass is 10.0. The first-order chi connectivity index (χ1) is 11.8. The molecule has 0 aliphatic carbocycles. The van der Waals surface area contributed by atoms with Crippen LogP contribution in [0, 0.1) is 0 Å². The minimum absolute atomic E-state index is 0.00576. The van der Waals surface area contributed by atoms with Crippen LogP contribution in [0.15, 0.2) is 47.4 Å². The number of amides is 1. The Kier molecular flexibility index (Phi) is 3.96. The van der Waals surface area contributed by atoms with Gasteiger partial charge in [-0.05, 0) is 29.7 Å². The highest BCUT2D eigenvalue weighted by molar-refractivity contribution is 5.98. The summed E-state index contributed by atoms with van der Waals surface area (Å²) < 4.78 is 1.56. The number of fused-ring (bicyclic) bond motifs is 1. The number of primary amides is 1. The summed E-state index contributed by atoms with van der Waals surface area (Å²) in [5, 5.41) is 20.4. The number of hydrogen-bond donors (Lipinski definition) is 3. The molecule has 0 aliphatic heterocycles. The van der Waals surface area contributed by atoms with Crippen LogP contribution in [0.2, 0.25) is 0 Å². The van der Waals surface area contributed by atoms with Gasteiger partial charge in [0, 0.05) is 18.0 Å². The largest absolute Gasteiger partial charge is 0.508 e. The maximum Gasteiger partial charge on any atom is 0.254 e. The van der Waals surface area contributed by atoms with Gasteiger partial charge in [-0.15, -0.1) is 0 Å². The fourth-order valence-corrected chi connectivity index (χ4v) is 2.91. The van der Waals surface area contributed by atoms with Gasteiger partial charge < -0.3 is 20.5 Å². The Balaban J connectivity index is 2.39. The SMILES string of the molecule is CC(C)c1ccc(-n2cc(C(N)=O)c(=O)c3c(O)cccc32)cc1O. The molecule has 25 heavy (non-hydrogen) atoms. The van der Waals surface area contributed by atoms with Gasteiger partial charge in [-0.25, -0.2) is 0 Å². The summed E-state index contributed by atoms with van der Waals surface area (Å²) in [6.45, 7) is 3.93. The molecule has 0 fully saturated rings. The summed E-state index contributed by atoms with van der Waals surface area (Å²) in [4.78, 5) is 24.1. The Hall–Kier alpha value is -3.28. The average molecular weight is 338 g/mol. The quantitative estimate of drug-likeness (QED) is 0.682. The summed E-state index contributed by atoms with van der Waals surface area (Å²) in [6, 6.07) is 9.72. The van der Waals surface area contributed by atoms with Crippen molar-refractivity contribution in [2.75, 3.05) is 0 Å². The molecule has 0 atom stereocenters. The van der Waals surface area contributed by atoms with E-state index in [1.165, 1.54) is 12.3 Å². The lowest BCUT2D eigenvalue weighted by Crippen LogP contribution is -2.24. The van der Waals surface area contributed by atoms with E-state index in [2.05, 4.69) is 0 Å². The van der Waals surface area contributed by atoms with Crippen LogP contribution in [0.25, 0.3) is 16.6 Å². The number of hydrogen-bond acceptors (Lipinski definition) is 4. The number of aromatic nitrogens is 1. The van der Waals surface area contributed by atoms with Crippen molar-refractivity contribution in [3.8, 4) is 17.2 Å². The molecular formula is C19H18N2O4. The number of nitrogens with zero attached hydrogens (tertiary/aromatic N) is 1. The van der Waals surface area contributed by atoms with Gasteiger partial charge in [-0.3, -0.25) is 9.59 Å². The number of aromatic hydroxyl groups is 2. The van der Waals surface area contributed by atoms with Crippen LogP contribution in [0.4, 0.5) is 0 Å². The number of phenols is 2. The molecule has 1 amide bonds. The minimum Gasteiger partial charge on any atom is -0.508 e. The molecule has 0 aliphatic rings. The summed E-state index contributed by atoms with van der Waals surface area (Å²) in [5.41, 5.74) is 6.19. The predicted molar refractivity (Wildman–Crippen MR) is 95.5 cm³/mol. The third-order valence-corrected chi connectivity index (χ3v) is 4.19. The lowest BCUT2D eigenvalue weighted by Gasteiger charge is -2.15. The van der Waals surface area contributed by atoms with Crippen LogP contribution in [0.3, 0.4) is 0 Å². The molecule has 0 saturated carbocycles. The van der Waals surface area contributed by atoms with Crippen LogP contribution < -0.4 is 11.2 Å². The molecule has 1 heterocycles. The van der Waals surface area contributed by atoms with Crippen molar-refractivity contribution in [1.82, 2.24) is 4.57 Å². The lowest BCUT2D eigenvalue weighted by molar-refractivity contribution is 0.0999. The zero-order valence-electron chi connectivity index (χ0n) is 13.9. The highest BCUT2D eigenvalue weighted by Gasteiger charge is 2.17. The number of nitrogens with two attached hydrogens (primary N) is 1. The second-order valence-corrected chi connectivity index (χ2v) is 6.18. The predicted octanol–water partition coefficient (Wildman–Crippen LogP) is 2.62. The maximum atomic E-state index is 12.5. The fourth-order valence-electron chi connectivity index (χ4n) is 2.91. The Bertz CT molecular complexity index is 1050. The van der Waals surface area contributed by atoms with E-state index in [4.69, 9.17) is 5.73 Å². The summed E-state index contributed by atoms with van der Waals surface area (Å²) in [6.07, 6.45) is 1.33. The van der Waals surface area contributed by atoms with Crippen LogP contribution >= 0.6 is 0 Å². The van der Waals surface area contributed by atoms with Gasteiger partial charge in [0.05, 0.1) is 10.9 Å². The molecule has 6 heteroatoms. The van der Waals surface area contributed by atoms with Crippen molar-refractivity contribution in [1.29, 1.82) is 0 Å². The second-order valence-electron chi connectivity index (χ2n) is 6.18. The Morgan fingerprint density at radius 1 is 1.12 bits per heavy atom. The monoisotopic (exact) mass is 338 g/mol. The van der Waals surface area contributed by atoms with Crippen LogP contribution in [0.1, 0.15) is 35.7 Å². The third kappa shape index (κ3) is 2.71. The van der Waals surface area contributed by atoms with Crippen molar-refractivity contribution < 1.29 is 15.0 Å². The topological polar surface area (TPSA) is 106 Å². The van der Waals surface area contributed by atoms with Crippen LogP contribution in [0.5, 0.6) is 11.5 Å². The molecule has 0 unspecified atom stereocenters. The summed E-state index contributed by atoms with van der Waals surface area (Å²) >= 11 is 0. The van der Waals surface area contributed by atoms with Gasteiger partial charge in [0.25, 0.3) is 5.91 Å². The molecule has 3 aromatic rings. The molecular weight excluding hydrogens is 320 g/mol. The van der Waals surface area contributed by atoms with E-state index in [-0.39, 0.29) is 28.4 Å².